The first-order chi connectivity index (χ1) is 12.8. The molecule has 0 fully saturated rings. The van der Waals surface area contributed by atoms with Crippen LogP contribution in [0.1, 0.15) is 24.1 Å². The molecule has 0 bridgehead atoms. The largest absolute Gasteiger partial charge is 0.416 e. The maximum absolute atomic E-state index is 12.8. The Bertz CT molecular complexity index is 1040. The van der Waals surface area contributed by atoms with Crippen molar-refractivity contribution in [2.75, 3.05) is 0 Å². The molecule has 1 atom stereocenters. The summed E-state index contributed by atoms with van der Waals surface area (Å²) in [6, 6.07) is 11.0. The third kappa shape index (κ3) is 4.16. The smallest absolute Gasteiger partial charge is 0.348 e. The number of nitrogens with zero attached hydrogens (tertiary/aromatic N) is 2. The van der Waals surface area contributed by atoms with Gasteiger partial charge in [0.15, 0.2) is 0 Å². The van der Waals surface area contributed by atoms with Crippen molar-refractivity contribution in [1.82, 2.24) is 15.1 Å². The van der Waals surface area contributed by atoms with Gasteiger partial charge in [0, 0.05) is 5.39 Å². The number of carbonyl (C=O) groups is 1. The zero-order valence-electron chi connectivity index (χ0n) is 14.3. The molecule has 0 saturated carbocycles. The minimum atomic E-state index is -4.46. The highest BCUT2D eigenvalue weighted by Crippen LogP contribution is 2.30. The number of benzene rings is 2. The summed E-state index contributed by atoms with van der Waals surface area (Å²) < 4.78 is 39.5. The van der Waals surface area contributed by atoms with Gasteiger partial charge in [0.1, 0.15) is 6.54 Å². The molecule has 0 aliphatic heterocycles. The zero-order chi connectivity index (χ0) is 19.6. The van der Waals surface area contributed by atoms with Gasteiger partial charge >= 0.3 is 6.18 Å². The molecular formula is C19H16F3N3O2. The van der Waals surface area contributed by atoms with Gasteiger partial charge in [0.25, 0.3) is 5.56 Å². The average Bonchev–Trinajstić information content (AvgIpc) is 2.63. The molecule has 1 heterocycles. The van der Waals surface area contributed by atoms with E-state index in [0.29, 0.717) is 16.3 Å². The molecule has 140 valence electrons. The van der Waals surface area contributed by atoms with Crippen molar-refractivity contribution in [2.24, 2.45) is 0 Å². The third-order valence-electron chi connectivity index (χ3n) is 4.15. The lowest BCUT2D eigenvalue weighted by Gasteiger charge is -2.16. The van der Waals surface area contributed by atoms with Crippen molar-refractivity contribution in [3.05, 3.63) is 76.2 Å². The van der Waals surface area contributed by atoms with Crippen molar-refractivity contribution in [3.8, 4) is 0 Å². The number of nitrogens with one attached hydrogen (secondary N) is 1. The molecule has 8 heteroatoms. The van der Waals surface area contributed by atoms with Crippen LogP contribution in [0.25, 0.3) is 10.8 Å². The molecule has 0 aliphatic rings. The highest BCUT2D eigenvalue weighted by molar-refractivity contribution is 5.81. The second-order valence-corrected chi connectivity index (χ2v) is 6.11. The van der Waals surface area contributed by atoms with Gasteiger partial charge in [0.2, 0.25) is 5.91 Å². The van der Waals surface area contributed by atoms with E-state index in [9.17, 15) is 22.8 Å². The van der Waals surface area contributed by atoms with Crippen LogP contribution in [0.5, 0.6) is 0 Å². The minimum Gasteiger partial charge on any atom is -0.348 e. The van der Waals surface area contributed by atoms with E-state index >= 15 is 0 Å². The number of hydrogen-bond donors (Lipinski definition) is 1. The highest BCUT2D eigenvalue weighted by atomic mass is 19.4. The number of halogens is 3. The Balaban J connectivity index is 1.75. The molecule has 1 N–H and O–H groups in total. The molecule has 1 amide bonds. The van der Waals surface area contributed by atoms with Crippen molar-refractivity contribution >= 4 is 16.7 Å². The second kappa shape index (κ2) is 7.22. The van der Waals surface area contributed by atoms with Crippen LogP contribution in [0.3, 0.4) is 0 Å². The van der Waals surface area contributed by atoms with Crippen molar-refractivity contribution in [3.63, 3.8) is 0 Å². The maximum atomic E-state index is 12.8. The van der Waals surface area contributed by atoms with E-state index in [1.54, 1.807) is 31.2 Å². The predicted molar refractivity (Wildman–Crippen MR) is 94.0 cm³/mol. The monoisotopic (exact) mass is 375 g/mol. The molecule has 1 unspecified atom stereocenters. The van der Waals surface area contributed by atoms with Crippen LogP contribution < -0.4 is 10.9 Å². The predicted octanol–water partition coefficient (Wildman–Crippen LogP) is 3.29. The molecule has 2 aromatic carbocycles. The summed E-state index contributed by atoms with van der Waals surface area (Å²) in [5.41, 5.74) is -0.875. The van der Waals surface area contributed by atoms with Gasteiger partial charge in [-0.05, 0) is 30.7 Å². The van der Waals surface area contributed by atoms with Gasteiger partial charge in [-0.25, -0.2) is 4.68 Å². The van der Waals surface area contributed by atoms with Crippen LogP contribution in [0, 0.1) is 0 Å². The standard InChI is InChI=1S/C19H16F3N3O2/c1-12(13-6-4-7-15(9-13)19(20,21)22)24-17(26)11-25-18(27)16-8-3-2-5-14(16)10-23-25/h2-10,12H,11H2,1H3,(H,24,26). The fourth-order valence-electron chi connectivity index (χ4n) is 2.73. The summed E-state index contributed by atoms with van der Waals surface area (Å²) in [6.07, 6.45) is -2.97. The minimum absolute atomic E-state index is 0.317. The normalized spacial score (nSPS) is 12.7. The molecule has 1 aromatic heterocycles. The second-order valence-electron chi connectivity index (χ2n) is 6.11. The van der Waals surface area contributed by atoms with E-state index < -0.39 is 29.2 Å². The maximum Gasteiger partial charge on any atom is 0.416 e. The molecule has 0 radical (unpaired) electrons. The Morgan fingerprint density at radius 2 is 1.93 bits per heavy atom. The Kier molecular flexibility index (Phi) is 4.98. The fraction of sp³-hybridized carbons (Fsp3) is 0.211. The molecular weight excluding hydrogens is 359 g/mol. The van der Waals surface area contributed by atoms with E-state index in [2.05, 4.69) is 10.4 Å². The number of rotatable bonds is 4. The lowest BCUT2D eigenvalue weighted by Crippen LogP contribution is -2.35. The van der Waals surface area contributed by atoms with Gasteiger partial charge < -0.3 is 5.32 Å². The van der Waals surface area contributed by atoms with E-state index in [4.69, 9.17) is 0 Å². The Morgan fingerprint density at radius 1 is 1.19 bits per heavy atom. The van der Waals surface area contributed by atoms with E-state index in [1.165, 1.54) is 18.3 Å². The lowest BCUT2D eigenvalue weighted by atomic mass is 10.0. The van der Waals surface area contributed by atoms with Gasteiger partial charge in [-0.2, -0.15) is 18.3 Å². The first kappa shape index (κ1) is 18.6. The van der Waals surface area contributed by atoms with E-state index in [1.807, 2.05) is 0 Å². The van der Waals surface area contributed by atoms with Crippen LogP contribution >= 0.6 is 0 Å². The lowest BCUT2D eigenvalue weighted by molar-refractivity contribution is -0.137. The number of carbonyl (C=O) groups excluding carboxylic acids is 1. The Labute approximate surface area is 152 Å². The highest BCUT2D eigenvalue weighted by Gasteiger charge is 2.30. The Morgan fingerprint density at radius 3 is 2.67 bits per heavy atom. The topological polar surface area (TPSA) is 64.0 Å². The van der Waals surface area contributed by atoms with Gasteiger partial charge in [-0.15, -0.1) is 0 Å². The van der Waals surface area contributed by atoms with Gasteiger partial charge in [-0.3, -0.25) is 9.59 Å². The summed E-state index contributed by atoms with van der Waals surface area (Å²) in [5, 5.41) is 7.66. The molecule has 3 rings (SSSR count). The first-order valence-electron chi connectivity index (χ1n) is 8.17. The van der Waals surface area contributed by atoms with Gasteiger partial charge in [-0.1, -0.05) is 30.3 Å². The number of fused-ring (bicyclic) bond motifs is 1. The Hall–Kier alpha value is -3.16. The number of hydrogen-bond acceptors (Lipinski definition) is 3. The summed E-state index contributed by atoms with van der Waals surface area (Å²) >= 11 is 0. The molecule has 3 aromatic rings. The van der Waals surface area contributed by atoms with Crippen LogP contribution in [0.15, 0.2) is 59.5 Å². The third-order valence-corrected chi connectivity index (χ3v) is 4.15. The average molecular weight is 375 g/mol. The van der Waals surface area contributed by atoms with Gasteiger partial charge in [0.05, 0.1) is 23.2 Å². The van der Waals surface area contributed by atoms with Crippen molar-refractivity contribution in [1.29, 1.82) is 0 Å². The van der Waals surface area contributed by atoms with Crippen LogP contribution in [0.4, 0.5) is 13.2 Å². The summed E-state index contributed by atoms with van der Waals surface area (Å²) in [4.78, 5) is 24.6. The SMILES string of the molecule is CC(NC(=O)Cn1ncc2ccccc2c1=O)c1cccc(C(F)(F)F)c1. The van der Waals surface area contributed by atoms with Crippen molar-refractivity contribution in [2.45, 2.75) is 25.7 Å². The zero-order valence-corrected chi connectivity index (χ0v) is 14.3. The summed E-state index contributed by atoms with van der Waals surface area (Å²) in [7, 11) is 0. The van der Waals surface area contributed by atoms with Crippen molar-refractivity contribution < 1.29 is 18.0 Å². The molecule has 0 spiro atoms. The first-order valence-corrected chi connectivity index (χ1v) is 8.17. The number of aromatic nitrogens is 2. The quantitative estimate of drug-likeness (QED) is 0.761. The molecule has 0 aliphatic carbocycles. The molecule has 27 heavy (non-hydrogen) atoms. The molecule has 5 nitrogen and oxygen atoms in total. The fourth-order valence-corrected chi connectivity index (χ4v) is 2.73. The van der Waals surface area contributed by atoms with Crippen LogP contribution in [-0.4, -0.2) is 15.7 Å². The van der Waals surface area contributed by atoms with E-state index in [0.717, 1.165) is 16.8 Å². The number of amides is 1. The number of alkyl halides is 3. The van der Waals surface area contributed by atoms with E-state index in [-0.39, 0.29) is 6.54 Å². The van der Waals surface area contributed by atoms with Crippen LogP contribution in [0.2, 0.25) is 0 Å². The molecule has 0 saturated heterocycles. The summed E-state index contributed by atoms with van der Waals surface area (Å²) in [5.74, 6) is -0.523. The van der Waals surface area contributed by atoms with Crippen LogP contribution in [-0.2, 0) is 17.5 Å². The summed E-state index contributed by atoms with van der Waals surface area (Å²) in [6.45, 7) is 1.25.